The second-order valence-corrected chi connectivity index (χ2v) is 4.74. The number of nitrogens with one attached hydrogen (secondary N) is 2. The van der Waals surface area contributed by atoms with Gasteiger partial charge in [0.05, 0.1) is 0 Å². The first-order valence-electron chi connectivity index (χ1n) is 6.73. The maximum absolute atomic E-state index is 12.0. The van der Waals surface area contributed by atoms with Gasteiger partial charge < -0.3 is 10.6 Å². The highest BCUT2D eigenvalue weighted by Crippen LogP contribution is 2.15. The molecule has 0 aromatic heterocycles. The van der Waals surface area contributed by atoms with E-state index in [0.717, 1.165) is 36.2 Å². The Labute approximate surface area is 110 Å². The Bertz CT molecular complexity index is 401. The molecule has 2 N–H and O–H groups in total. The third kappa shape index (κ3) is 4.06. The lowest BCUT2D eigenvalue weighted by molar-refractivity contribution is 0.0938. The summed E-state index contributed by atoms with van der Waals surface area (Å²) in [4.78, 5) is 12.0. The quantitative estimate of drug-likeness (QED) is 0.810. The molecule has 0 saturated heterocycles. The lowest BCUT2D eigenvalue weighted by Gasteiger charge is -2.14. The van der Waals surface area contributed by atoms with Gasteiger partial charge in [0.25, 0.3) is 5.91 Å². The molecule has 0 radical (unpaired) electrons. The molecule has 1 unspecified atom stereocenters. The van der Waals surface area contributed by atoms with Crippen LogP contribution in [0.3, 0.4) is 0 Å². The van der Waals surface area contributed by atoms with Gasteiger partial charge in [-0.1, -0.05) is 13.8 Å². The predicted molar refractivity (Wildman–Crippen MR) is 77.2 cm³/mol. The first-order valence-corrected chi connectivity index (χ1v) is 6.73. The second kappa shape index (κ2) is 7.04. The molecule has 0 saturated carbocycles. The topological polar surface area (TPSA) is 41.1 Å². The van der Waals surface area contributed by atoms with Gasteiger partial charge in [0.15, 0.2) is 0 Å². The van der Waals surface area contributed by atoms with Crippen LogP contribution in [0.2, 0.25) is 0 Å². The predicted octanol–water partition coefficient (Wildman–Crippen LogP) is 3.35. The lowest BCUT2D eigenvalue weighted by atomic mass is 10.1. The van der Waals surface area contributed by atoms with Crippen molar-refractivity contribution in [2.45, 2.75) is 46.6 Å². The van der Waals surface area contributed by atoms with Crippen LogP contribution >= 0.6 is 0 Å². The maximum atomic E-state index is 12.0. The SMILES string of the molecule is CCCNc1ccc(C(=O)NC(C)CC)c(C)c1. The van der Waals surface area contributed by atoms with E-state index in [2.05, 4.69) is 24.5 Å². The summed E-state index contributed by atoms with van der Waals surface area (Å²) < 4.78 is 0. The van der Waals surface area contributed by atoms with Crippen LogP contribution in [0.5, 0.6) is 0 Å². The van der Waals surface area contributed by atoms with Crippen LogP contribution in [-0.4, -0.2) is 18.5 Å². The van der Waals surface area contributed by atoms with Crippen molar-refractivity contribution in [1.29, 1.82) is 0 Å². The number of hydrogen-bond donors (Lipinski definition) is 2. The van der Waals surface area contributed by atoms with Crippen molar-refractivity contribution in [3.8, 4) is 0 Å². The van der Waals surface area contributed by atoms with Crippen LogP contribution in [-0.2, 0) is 0 Å². The molecule has 0 fully saturated rings. The van der Waals surface area contributed by atoms with Gasteiger partial charge in [-0.05, 0) is 50.5 Å². The fraction of sp³-hybridized carbons (Fsp3) is 0.533. The van der Waals surface area contributed by atoms with Gasteiger partial charge in [-0.3, -0.25) is 4.79 Å². The van der Waals surface area contributed by atoms with E-state index >= 15 is 0 Å². The molecule has 1 atom stereocenters. The van der Waals surface area contributed by atoms with Gasteiger partial charge in [-0.2, -0.15) is 0 Å². The first kappa shape index (κ1) is 14.6. The van der Waals surface area contributed by atoms with E-state index < -0.39 is 0 Å². The molecule has 0 aliphatic heterocycles. The summed E-state index contributed by atoms with van der Waals surface area (Å²) in [6.45, 7) is 9.15. The second-order valence-electron chi connectivity index (χ2n) is 4.74. The summed E-state index contributed by atoms with van der Waals surface area (Å²) in [6.07, 6.45) is 2.04. The normalized spacial score (nSPS) is 12.0. The summed E-state index contributed by atoms with van der Waals surface area (Å²) >= 11 is 0. The van der Waals surface area contributed by atoms with Gasteiger partial charge in [0.2, 0.25) is 0 Å². The highest BCUT2D eigenvalue weighted by atomic mass is 16.1. The molecule has 100 valence electrons. The Hall–Kier alpha value is -1.51. The number of aryl methyl sites for hydroxylation is 1. The summed E-state index contributed by atoms with van der Waals surface area (Å²) in [5.41, 5.74) is 2.85. The standard InChI is InChI=1S/C15H24N2O/c1-5-9-16-13-7-8-14(11(3)10-13)15(18)17-12(4)6-2/h7-8,10,12,16H,5-6,9H2,1-4H3,(H,17,18). The number of carbonyl (C=O) groups is 1. The molecule has 3 nitrogen and oxygen atoms in total. The Morgan fingerprint density at radius 1 is 1.33 bits per heavy atom. The van der Waals surface area contributed by atoms with Gasteiger partial charge in [-0.25, -0.2) is 0 Å². The molecule has 1 rings (SSSR count). The van der Waals surface area contributed by atoms with Crippen molar-refractivity contribution in [3.63, 3.8) is 0 Å². The molecule has 0 heterocycles. The number of rotatable bonds is 6. The van der Waals surface area contributed by atoms with E-state index in [0.29, 0.717) is 0 Å². The van der Waals surface area contributed by atoms with E-state index in [4.69, 9.17) is 0 Å². The average molecular weight is 248 g/mol. The van der Waals surface area contributed by atoms with Crippen LogP contribution in [0.25, 0.3) is 0 Å². The van der Waals surface area contributed by atoms with Gasteiger partial charge in [-0.15, -0.1) is 0 Å². The van der Waals surface area contributed by atoms with E-state index in [1.54, 1.807) is 0 Å². The molecule has 0 bridgehead atoms. The first-order chi connectivity index (χ1) is 8.58. The zero-order valence-corrected chi connectivity index (χ0v) is 11.8. The Kier molecular flexibility index (Phi) is 5.69. The smallest absolute Gasteiger partial charge is 0.251 e. The van der Waals surface area contributed by atoms with Crippen LogP contribution in [0.15, 0.2) is 18.2 Å². The Morgan fingerprint density at radius 2 is 2.06 bits per heavy atom. The minimum absolute atomic E-state index is 0.0175. The summed E-state index contributed by atoms with van der Waals surface area (Å²) in [5.74, 6) is 0.0175. The zero-order valence-electron chi connectivity index (χ0n) is 11.8. The average Bonchev–Trinajstić information content (AvgIpc) is 2.36. The Morgan fingerprint density at radius 3 is 2.61 bits per heavy atom. The third-order valence-corrected chi connectivity index (χ3v) is 3.04. The number of hydrogen-bond acceptors (Lipinski definition) is 2. The van der Waals surface area contributed by atoms with Crippen LogP contribution in [0.1, 0.15) is 49.5 Å². The molecular formula is C15H24N2O. The highest BCUT2D eigenvalue weighted by Gasteiger charge is 2.11. The zero-order chi connectivity index (χ0) is 13.5. The van der Waals surface area contributed by atoms with E-state index in [1.165, 1.54) is 0 Å². The summed E-state index contributed by atoms with van der Waals surface area (Å²) in [5, 5.41) is 6.31. The molecule has 3 heteroatoms. The highest BCUT2D eigenvalue weighted by molar-refractivity contribution is 5.96. The van der Waals surface area contributed by atoms with Gasteiger partial charge >= 0.3 is 0 Å². The van der Waals surface area contributed by atoms with Crippen LogP contribution in [0.4, 0.5) is 5.69 Å². The fourth-order valence-electron chi connectivity index (χ4n) is 1.70. The van der Waals surface area contributed by atoms with Gasteiger partial charge in [0, 0.05) is 23.8 Å². The number of benzene rings is 1. The minimum atomic E-state index is 0.0175. The van der Waals surface area contributed by atoms with Crippen molar-refractivity contribution in [2.75, 3.05) is 11.9 Å². The monoisotopic (exact) mass is 248 g/mol. The molecule has 0 aliphatic carbocycles. The van der Waals surface area contributed by atoms with E-state index in [-0.39, 0.29) is 11.9 Å². The number of amides is 1. The van der Waals surface area contributed by atoms with E-state index in [9.17, 15) is 4.79 Å². The fourth-order valence-corrected chi connectivity index (χ4v) is 1.70. The third-order valence-electron chi connectivity index (χ3n) is 3.04. The molecule has 0 aliphatic rings. The molecule has 1 aromatic carbocycles. The van der Waals surface area contributed by atoms with Crippen LogP contribution in [0, 0.1) is 6.92 Å². The maximum Gasteiger partial charge on any atom is 0.251 e. The Balaban J connectivity index is 2.75. The van der Waals surface area contributed by atoms with E-state index in [1.807, 2.05) is 32.0 Å². The van der Waals surface area contributed by atoms with Crippen molar-refractivity contribution < 1.29 is 4.79 Å². The minimum Gasteiger partial charge on any atom is -0.385 e. The van der Waals surface area contributed by atoms with Crippen molar-refractivity contribution in [1.82, 2.24) is 5.32 Å². The summed E-state index contributed by atoms with van der Waals surface area (Å²) in [7, 11) is 0. The lowest BCUT2D eigenvalue weighted by Crippen LogP contribution is -2.32. The molecule has 1 aromatic rings. The summed E-state index contributed by atoms with van der Waals surface area (Å²) in [6, 6.07) is 6.11. The largest absolute Gasteiger partial charge is 0.385 e. The molecular weight excluding hydrogens is 224 g/mol. The van der Waals surface area contributed by atoms with Crippen molar-refractivity contribution >= 4 is 11.6 Å². The number of carbonyl (C=O) groups excluding carboxylic acids is 1. The molecule has 18 heavy (non-hydrogen) atoms. The van der Waals surface area contributed by atoms with Crippen LogP contribution < -0.4 is 10.6 Å². The van der Waals surface area contributed by atoms with Crippen molar-refractivity contribution in [3.05, 3.63) is 29.3 Å². The molecule has 1 amide bonds. The van der Waals surface area contributed by atoms with Crippen molar-refractivity contribution in [2.24, 2.45) is 0 Å². The molecule has 0 spiro atoms. The number of anilines is 1. The van der Waals surface area contributed by atoms with Gasteiger partial charge in [0.1, 0.15) is 0 Å².